The maximum absolute atomic E-state index is 5.85. The third-order valence-electron chi connectivity index (χ3n) is 5.81. The summed E-state index contributed by atoms with van der Waals surface area (Å²) >= 11 is 0. The molecule has 166 valence electrons. The number of hydrogen-bond acceptors (Lipinski definition) is 3. The van der Waals surface area contributed by atoms with Gasteiger partial charge in [0.2, 0.25) is 0 Å². The van der Waals surface area contributed by atoms with Crippen molar-refractivity contribution in [2.75, 3.05) is 10.2 Å². The SMILES string of the molecule is NCc1cccc(-c2cccc(Nc3ccccc3N(c3ccccc3)c3ccccc3)c2)c1. The van der Waals surface area contributed by atoms with E-state index in [4.69, 9.17) is 5.73 Å². The van der Waals surface area contributed by atoms with Crippen LogP contribution in [-0.2, 0) is 6.54 Å². The Labute approximate surface area is 201 Å². The third-order valence-corrected chi connectivity index (χ3v) is 5.81. The van der Waals surface area contributed by atoms with Gasteiger partial charge in [0.15, 0.2) is 0 Å². The minimum Gasteiger partial charge on any atom is -0.354 e. The van der Waals surface area contributed by atoms with Crippen molar-refractivity contribution in [3.63, 3.8) is 0 Å². The molecular weight excluding hydrogens is 414 g/mol. The lowest BCUT2D eigenvalue weighted by Gasteiger charge is -2.28. The van der Waals surface area contributed by atoms with Crippen molar-refractivity contribution < 1.29 is 0 Å². The molecule has 3 nitrogen and oxygen atoms in total. The predicted octanol–water partition coefficient (Wildman–Crippen LogP) is 8.03. The van der Waals surface area contributed by atoms with Crippen molar-refractivity contribution >= 4 is 28.4 Å². The Morgan fingerprint density at radius 3 is 1.82 bits per heavy atom. The summed E-state index contributed by atoms with van der Waals surface area (Å²) in [5.74, 6) is 0. The van der Waals surface area contributed by atoms with Crippen molar-refractivity contribution in [3.8, 4) is 11.1 Å². The molecule has 0 saturated carbocycles. The number of nitrogens with two attached hydrogens (primary N) is 1. The van der Waals surface area contributed by atoms with Crippen molar-refractivity contribution in [1.82, 2.24) is 0 Å². The van der Waals surface area contributed by atoms with Gasteiger partial charge >= 0.3 is 0 Å². The van der Waals surface area contributed by atoms with Gasteiger partial charge < -0.3 is 16.0 Å². The molecule has 3 heteroatoms. The molecule has 5 aromatic rings. The lowest BCUT2D eigenvalue weighted by molar-refractivity contribution is 1.07. The van der Waals surface area contributed by atoms with Gasteiger partial charge in [0.05, 0.1) is 11.4 Å². The smallest absolute Gasteiger partial charge is 0.0696 e. The normalized spacial score (nSPS) is 10.6. The van der Waals surface area contributed by atoms with Crippen LogP contribution in [0.15, 0.2) is 133 Å². The number of hydrogen-bond donors (Lipinski definition) is 2. The second-order valence-corrected chi connectivity index (χ2v) is 8.13. The van der Waals surface area contributed by atoms with E-state index in [1.165, 1.54) is 0 Å². The summed E-state index contributed by atoms with van der Waals surface area (Å²) < 4.78 is 0. The van der Waals surface area contributed by atoms with Crippen molar-refractivity contribution in [1.29, 1.82) is 0 Å². The van der Waals surface area contributed by atoms with Gasteiger partial charge in [0.1, 0.15) is 0 Å². The Morgan fingerprint density at radius 1 is 0.559 bits per heavy atom. The monoisotopic (exact) mass is 441 g/mol. The molecule has 0 amide bonds. The lowest BCUT2D eigenvalue weighted by Crippen LogP contribution is -2.11. The lowest BCUT2D eigenvalue weighted by atomic mass is 10.0. The van der Waals surface area contributed by atoms with E-state index >= 15 is 0 Å². The highest BCUT2D eigenvalue weighted by Crippen LogP contribution is 2.39. The molecule has 0 heterocycles. The van der Waals surface area contributed by atoms with Gasteiger partial charge in [-0.05, 0) is 71.3 Å². The van der Waals surface area contributed by atoms with Gasteiger partial charge in [-0.1, -0.05) is 78.9 Å². The van der Waals surface area contributed by atoms with Crippen LogP contribution in [0.5, 0.6) is 0 Å². The Kier molecular flexibility index (Phi) is 6.37. The van der Waals surface area contributed by atoms with E-state index in [2.05, 4.69) is 132 Å². The number of rotatable bonds is 7. The zero-order valence-corrected chi connectivity index (χ0v) is 18.9. The Morgan fingerprint density at radius 2 is 1.15 bits per heavy atom. The number of anilines is 5. The first-order chi connectivity index (χ1) is 16.8. The van der Waals surface area contributed by atoms with E-state index in [0.29, 0.717) is 6.54 Å². The van der Waals surface area contributed by atoms with Gasteiger partial charge in [-0.2, -0.15) is 0 Å². The van der Waals surface area contributed by atoms with Crippen LogP contribution in [-0.4, -0.2) is 0 Å². The molecular formula is C31H27N3. The van der Waals surface area contributed by atoms with Gasteiger partial charge in [0.25, 0.3) is 0 Å². The molecule has 0 saturated heterocycles. The molecule has 0 atom stereocenters. The highest BCUT2D eigenvalue weighted by atomic mass is 15.2. The van der Waals surface area contributed by atoms with Crippen molar-refractivity contribution in [2.24, 2.45) is 5.73 Å². The molecule has 5 rings (SSSR count). The summed E-state index contributed by atoms with van der Waals surface area (Å²) in [4.78, 5) is 2.27. The molecule has 3 N–H and O–H groups in total. The van der Waals surface area contributed by atoms with Gasteiger partial charge in [-0.3, -0.25) is 0 Å². The molecule has 0 aliphatic heterocycles. The summed E-state index contributed by atoms with van der Waals surface area (Å²) in [6.07, 6.45) is 0. The third kappa shape index (κ3) is 4.70. The molecule has 0 bridgehead atoms. The topological polar surface area (TPSA) is 41.3 Å². The van der Waals surface area contributed by atoms with Crippen molar-refractivity contribution in [2.45, 2.75) is 6.54 Å². The Balaban J connectivity index is 1.53. The van der Waals surface area contributed by atoms with E-state index < -0.39 is 0 Å². The zero-order valence-electron chi connectivity index (χ0n) is 18.9. The van der Waals surface area contributed by atoms with Crippen LogP contribution in [0.3, 0.4) is 0 Å². The molecule has 0 aromatic heterocycles. The van der Waals surface area contributed by atoms with Crippen LogP contribution in [0.2, 0.25) is 0 Å². The average molecular weight is 442 g/mol. The van der Waals surface area contributed by atoms with Crippen LogP contribution < -0.4 is 16.0 Å². The molecule has 0 spiro atoms. The minimum atomic E-state index is 0.536. The first kappa shape index (κ1) is 21.5. The average Bonchev–Trinajstić information content (AvgIpc) is 2.91. The van der Waals surface area contributed by atoms with Gasteiger partial charge in [0, 0.05) is 23.6 Å². The molecule has 0 radical (unpaired) electrons. The summed E-state index contributed by atoms with van der Waals surface area (Å²) in [5, 5.41) is 3.66. The summed E-state index contributed by atoms with van der Waals surface area (Å²) in [6.45, 7) is 0.536. The minimum absolute atomic E-state index is 0.536. The maximum Gasteiger partial charge on any atom is 0.0696 e. The van der Waals surface area contributed by atoms with Crippen LogP contribution >= 0.6 is 0 Å². The fraction of sp³-hybridized carbons (Fsp3) is 0.0323. The maximum atomic E-state index is 5.85. The summed E-state index contributed by atoms with van der Waals surface area (Å²) in [6, 6.07) is 46.2. The fourth-order valence-electron chi connectivity index (χ4n) is 4.17. The van der Waals surface area contributed by atoms with Crippen LogP contribution in [0, 0.1) is 0 Å². The van der Waals surface area contributed by atoms with Crippen LogP contribution in [0.4, 0.5) is 28.4 Å². The largest absolute Gasteiger partial charge is 0.354 e. The highest BCUT2D eigenvalue weighted by Gasteiger charge is 2.15. The second kappa shape index (κ2) is 10.1. The van der Waals surface area contributed by atoms with Crippen LogP contribution in [0.1, 0.15) is 5.56 Å². The van der Waals surface area contributed by atoms with Crippen molar-refractivity contribution in [3.05, 3.63) is 139 Å². The number of para-hydroxylation sites is 4. The number of nitrogens with one attached hydrogen (secondary N) is 1. The zero-order chi connectivity index (χ0) is 23.2. The Hall–Kier alpha value is -4.34. The van der Waals surface area contributed by atoms with E-state index in [9.17, 15) is 0 Å². The van der Waals surface area contributed by atoms with Gasteiger partial charge in [-0.15, -0.1) is 0 Å². The van der Waals surface area contributed by atoms with Crippen LogP contribution in [0.25, 0.3) is 11.1 Å². The highest BCUT2D eigenvalue weighted by molar-refractivity contribution is 5.86. The molecule has 34 heavy (non-hydrogen) atoms. The van der Waals surface area contributed by atoms with E-state index in [1.54, 1.807) is 0 Å². The second-order valence-electron chi connectivity index (χ2n) is 8.13. The fourth-order valence-corrected chi connectivity index (χ4v) is 4.17. The van der Waals surface area contributed by atoms with E-state index in [-0.39, 0.29) is 0 Å². The molecule has 0 unspecified atom stereocenters. The predicted molar refractivity (Wildman–Crippen MR) is 144 cm³/mol. The first-order valence-corrected chi connectivity index (χ1v) is 11.5. The van der Waals surface area contributed by atoms with Gasteiger partial charge in [-0.25, -0.2) is 0 Å². The summed E-state index contributed by atoms with van der Waals surface area (Å²) in [5.41, 5.74) is 14.7. The first-order valence-electron chi connectivity index (χ1n) is 11.5. The standard InChI is InChI=1S/C31H27N3/c32-23-24-11-9-12-25(21-24)26-13-10-14-27(22-26)33-30-19-7-8-20-31(30)34(28-15-3-1-4-16-28)29-17-5-2-6-18-29/h1-22,33H,23,32H2. The van der Waals surface area contributed by atoms with E-state index in [0.717, 1.165) is 45.1 Å². The Bertz CT molecular complexity index is 1320. The number of nitrogens with zero attached hydrogens (tertiary/aromatic N) is 1. The van der Waals surface area contributed by atoms with E-state index in [1.807, 2.05) is 12.1 Å². The summed E-state index contributed by atoms with van der Waals surface area (Å²) in [7, 11) is 0. The number of benzene rings is 5. The molecule has 0 aliphatic rings. The molecule has 0 fully saturated rings. The quantitative estimate of drug-likeness (QED) is 0.269. The molecule has 0 aliphatic carbocycles. The molecule has 5 aromatic carbocycles.